The van der Waals surface area contributed by atoms with Crippen LogP contribution in [-0.4, -0.2) is 9.97 Å². The van der Waals surface area contributed by atoms with Crippen molar-refractivity contribution in [3.63, 3.8) is 0 Å². The van der Waals surface area contributed by atoms with Crippen molar-refractivity contribution in [3.8, 4) is 6.07 Å². The molecule has 2 rings (SSSR count). The van der Waals surface area contributed by atoms with Crippen LogP contribution in [0, 0.1) is 11.3 Å². The number of hydrogen-bond donors (Lipinski definition) is 2. The summed E-state index contributed by atoms with van der Waals surface area (Å²) in [5.74, 6) is 0.255. The first-order valence-electron chi connectivity index (χ1n) is 4.71. The number of halogens is 1. The molecule has 0 atom stereocenters. The number of aromatic nitrogens is 2. The molecule has 0 saturated heterocycles. The molecule has 0 radical (unpaired) electrons. The zero-order valence-corrected chi connectivity index (χ0v) is 9.32. The molecule has 6 heteroatoms. The van der Waals surface area contributed by atoms with Crippen LogP contribution < -0.4 is 10.9 Å². The van der Waals surface area contributed by atoms with E-state index in [2.05, 4.69) is 15.3 Å². The monoisotopic (exact) mass is 246 g/mol. The summed E-state index contributed by atoms with van der Waals surface area (Å²) < 4.78 is 0. The van der Waals surface area contributed by atoms with E-state index in [9.17, 15) is 4.79 Å². The summed E-state index contributed by atoms with van der Waals surface area (Å²) in [5, 5.41) is 11.6. The van der Waals surface area contributed by atoms with Gasteiger partial charge in [-0.05, 0) is 18.2 Å². The van der Waals surface area contributed by atoms with E-state index in [0.717, 1.165) is 0 Å². The number of nitrogens with one attached hydrogen (secondary N) is 2. The van der Waals surface area contributed by atoms with Crippen LogP contribution in [0.4, 0.5) is 11.5 Å². The standard InChI is InChI=1S/C11H7ClN4O/c12-9-10(14-6-15-11(9)17)16-8-3-1-2-7(4-8)5-13/h1-4,6H,(H2,14,15,16,17). The van der Waals surface area contributed by atoms with Crippen LogP contribution in [0.25, 0.3) is 0 Å². The first-order chi connectivity index (χ1) is 8.20. The summed E-state index contributed by atoms with van der Waals surface area (Å²) in [6.45, 7) is 0. The number of rotatable bonds is 2. The zero-order chi connectivity index (χ0) is 12.3. The number of hydrogen-bond acceptors (Lipinski definition) is 4. The second kappa shape index (κ2) is 4.68. The predicted octanol–water partition coefficient (Wildman–Crippen LogP) is 2.04. The van der Waals surface area contributed by atoms with E-state index >= 15 is 0 Å². The molecule has 84 valence electrons. The molecule has 17 heavy (non-hydrogen) atoms. The Bertz CT molecular complexity index is 644. The van der Waals surface area contributed by atoms with E-state index < -0.39 is 5.56 Å². The molecule has 2 aromatic rings. The SMILES string of the molecule is N#Cc1cccc(Nc2nc[nH]c(=O)c2Cl)c1. The van der Waals surface area contributed by atoms with Crippen molar-refractivity contribution in [1.82, 2.24) is 9.97 Å². The highest BCUT2D eigenvalue weighted by Gasteiger charge is 2.05. The maximum atomic E-state index is 11.2. The second-order valence-corrected chi connectivity index (χ2v) is 3.59. The summed E-state index contributed by atoms with van der Waals surface area (Å²) in [7, 11) is 0. The fourth-order valence-corrected chi connectivity index (χ4v) is 1.42. The molecular formula is C11H7ClN4O. The van der Waals surface area contributed by atoms with E-state index in [4.69, 9.17) is 16.9 Å². The predicted molar refractivity (Wildman–Crippen MR) is 64.3 cm³/mol. The second-order valence-electron chi connectivity index (χ2n) is 3.21. The van der Waals surface area contributed by atoms with Gasteiger partial charge < -0.3 is 10.3 Å². The largest absolute Gasteiger partial charge is 0.339 e. The normalized spacial score (nSPS) is 9.65. The Morgan fingerprint density at radius 1 is 1.47 bits per heavy atom. The van der Waals surface area contributed by atoms with Gasteiger partial charge in [-0.25, -0.2) is 4.98 Å². The van der Waals surface area contributed by atoms with Crippen LogP contribution in [0.15, 0.2) is 35.4 Å². The van der Waals surface area contributed by atoms with Crippen LogP contribution in [0.3, 0.4) is 0 Å². The Morgan fingerprint density at radius 2 is 2.29 bits per heavy atom. The topological polar surface area (TPSA) is 81.6 Å². The number of benzene rings is 1. The maximum Gasteiger partial charge on any atom is 0.271 e. The zero-order valence-electron chi connectivity index (χ0n) is 8.57. The molecule has 5 nitrogen and oxygen atoms in total. The highest BCUT2D eigenvalue weighted by Crippen LogP contribution is 2.19. The van der Waals surface area contributed by atoms with E-state index in [1.807, 2.05) is 6.07 Å². The van der Waals surface area contributed by atoms with Crippen molar-refractivity contribution in [1.29, 1.82) is 5.26 Å². The van der Waals surface area contributed by atoms with Crippen LogP contribution in [0.1, 0.15) is 5.56 Å². The summed E-state index contributed by atoms with van der Waals surface area (Å²) in [6.07, 6.45) is 1.25. The lowest BCUT2D eigenvalue weighted by Crippen LogP contribution is -2.09. The highest BCUT2D eigenvalue weighted by atomic mass is 35.5. The van der Waals surface area contributed by atoms with Gasteiger partial charge in [0.1, 0.15) is 5.02 Å². The van der Waals surface area contributed by atoms with Crippen molar-refractivity contribution in [2.45, 2.75) is 0 Å². The van der Waals surface area contributed by atoms with Gasteiger partial charge in [0.2, 0.25) is 0 Å². The van der Waals surface area contributed by atoms with Crippen molar-refractivity contribution in [2.24, 2.45) is 0 Å². The van der Waals surface area contributed by atoms with Crippen molar-refractivity contribution in [2.75, 3.05) is 5.32 Å². The average Bonchev–Trinajstić information content (AvgIpc) is 2.35. The van der Waals surface area contributed by atoms with Gasteiger partial charge in [0, 0.05) is 5.69 Å². The van der Waals surface area contributed by atoms with Crippen molar-refractivity contribution < 1.29 is 0 Å². The molecule has 0 unspecified atom stereocenters. The van der Waals surface area contributed by atoms with Crippen LogP contribution in [0.2, 0.25) is 5.02 Å². The minimum Gasteiger partial charge on any atom is -0.339 e. The van der Waals surface area contributed by atoms with Crippen molar-refractivity contribution in [3.05, 3.63) is 51.5 Å². The van der Waals surface area contributed by atoms with E-state index in [0.29, 0.717) is 11.3 Å². The van der Waals surface area contributed by atoms with E-state index in [1.54, 1.807) is 24.3 Å². The third-order valence-corrected chi connectivity index (χ3v) is 2.40. The first kappa shape index (κ1) is 11.2. The molecule has 0 bridgehead atoms. The molecule has 1 aromatic heterocycles. The van der Waals surface area contributed by atoms with Crippen LogP contribution >= 0.6 is 11.6 Å². The lowest BCUT2D eigenvalue weighted by atomic mass is 10.2. The third-order valence-electron chi connectivity index (χ3n) is 2.05. The Kier molecular flexibility index (Phi) is 3.08. The van der Waals surface area contributed by atoms with Gasteiger partial charge in [-0.15, -0.1) is 0 Å². The maximum absolute atomic E-state index is 11.2. The number of H-pyrrole nitrogens is 1. The first-order valence-corrected chi connectivity index (χ1v) is 5.09. The highest BCUT2D eigenvalue weighted by molar-refractivity contribution is 6.32. The quantitative estimate of drug-likeness (QED) is 0.850. The molecule has 0 aliphatic rings. The molecule has 2 N–H and O–H groups in total. The minimum absolute atomic E-state index is 0.0186. The van der Waals surface area contributed by atoms with E-state index in [1.165, 1.54) is 6.33 Å². The van der Waals surface area contributed by atoms with Gasteiger partial charge in [-0.3, -0.25) is 4.79 Å². The molecule has 0 amide bonds. The molecule has 0 aliphatic heterocycles. The van der Waals surface area contributed by atoms with E-state index in [-0.39, 0.29) is 10.8 Å². The molecule has 0 spiro atoms. The number of nitriles is 1. The Labute approximate surface area is 102 Å². The van der Waals surface area contributed by atoms with Gasteiger partial charge in [0.25, 0.3) is 5.56 Å². The number of aromatic amines is 1. The average molecular weight is 247 g/mol. The molecular weight excluding hydrogens is 240 g/mol. The number of anilines is 2. The fourth-order valence-electron chi connectivity index (χ4n) is 1.27. The van der Waals surface area contributed by atoms with Crippen LogP contribution in [0.5, 0.6) is 0 Å². The molecule has 0 aliphatic carbocycles. The molecule has 0 fully saturated rings. The van der Waals surface area contributed by atoms with Crippen LogP contribution in [-0.2, 0) is 0 Å². The lowest BCUT2D eigenvalue weighted by molar-refractivity contribution is 1.12. The summed E-state index contributed by atoms with van der Waals surface area (Å²) in [6, 6.07) is 8.81. The number of nitrogens with zero attached hydrogens (tertiary/aromatic N) is 2. The molecule has 1 heterocycles. The van der Waals surface area contributed by atoms with Gasteiger partial charge in [-0.1, -0.05) is 17.7 Å². The lowest BCUT2D eigenvalue weighted by Gasteiger charge is -2.06. The summed E-state index contributed by atoms with van der Waals surface area (Å²) in [4.78, 5) is 17.5. The van der Waals surface area contributed by atoms with Gasteiger partial charge >= 0.3 is 0 Å². The van der Waals surface area contributed by atoms with Crippen molar-refractivity contribution >= 4 is 23.1 Å². The molecule has 1 aromatic carbocycles. The fraction of sp³-hybridized carbons (Fsp3) is 0. The molecule has 0 saturated carbocycles. The van der Waals surface area contributed by atoms with Gasteiger partial charge in [-0.2, -0.15) is 5.26 Å². The Morgan fingerprint density at radius 3 is 3.06 bits per heavy atom. The Balaban J connectivity index is 2.35. The summed E-state index contributed by atoms with van der Waals surface area (Å²) in [5.41, 5.74) is 0.737. The van der Waals surface area contributed by atoms with Gasteiger partial charge in [0.05, 0.1) is 18.0 Å². The smallest absolute Gasteiger partial charge is 0.271 e. The Hall–Kier alpha value is -2.32. The minimum atomic E-state index is -0.416. The third kappa shape index (κ3) is 2.44. The van der Waals surface area contributed by atoms with Gasteiger partial charge in [0.15, 0.2) is 5.82 Å². The summed E-state index contributed by atoms with van der Waals surface area (Å²) >= 11 is 5.78.